The molecule has 1 rings (SSSR count). The molecule has 5 nitrogen and oxygen atoms in total. The van der Waals surface area contributed by atoms with E-state index in [0.29, 0.717) is 23.9 Å². The largest absolute Gasteiger partial charge is 0.478 e. The highest BCUT2D eigenvalue weighted by Gasteiger charge is 2.15. The Kier molecular flexibility index (Phi) is 6.99. The first-order chi connectivity index (χ1) is 9.97. The molecule has 118 valence electrons. The first kappa shape index (κ1) is 17.3. The highest BCUT2D eigenvalue weighted by Crippen LogP contribution is 2.17. The molecule has 5 heteroatoms. The van der Waals surface area contributed by atoms with Gasteiger partial charge in [-0.3, -0.25) is 4.79 Å². The second kappa shape index (κ2) is 8.49. The molecule has 0 radical (unpaired) electrons. The monoisotopic (exact) mass is 295 g/mol. The summed E-state index contributed by atoms with van der Waals surface area (Å²) in [7, 11) is 0. The number of unbranched alkanes of at least 4 members (excludes halogenated alkanes) is 1. The lowest BCUT2D eigenvalue weighted by atomic mass is 9.95. The van der Waals surface area contributed by atoms with E-state index in [1.165, 1.54) is 6.07 Å². The summed E-state index contributed by atoms with van der Waals surface area (Å²) in [5.41, 5.74) is 0.147. The van der Waals surface area contributed by atoms with Crippen LogP contribution >= 0.6 is 0 Å². The van der Waals surface area contributed by atoms with Crippen LogP contribution in [-0.2, 0) is 11.3 Å². The molecule has 2 N–H and O–H groups in total. The van der Waals surface area contributed by atoms with Crippen molar-refractivity contribution in [2.45, 2.75) is 59.4 Å². The zero-order valence-electron chi connectivity index (χ0n) is 13.1. The minimum Gasteiger partial charge on any atom is -0.478 e. The van der Waals surface area contributed by atoms with Gasteiger partial charge in [0, 0.05) is 6.42 Å². The van der Waals surface area contributed by atoms with E-state index in [4.69, 9.17) is 9.52 Å². The standard InChI is InChI=1S/C16H25NO4/c1-4-6-7-12(5-2)8-15(18)17-10-13-9-14(16(19)20)11(3)21-13/h9,12H,4-8,10H2,1-3H3,(H,17,18)(H,19,20). The van der Waals surface area contributed by atoms with Crippen molar-refractivity contribution in [1.29, 1.82) is 0 Å². The van der Waals surface area contributed by atoms with Gasteiger partial charge >= 0.3 is 5.97 Å². The number of carbonyl (C=O) groups is 2. The van der Waals surface area contributed by atoms with Crippen molar-refractivity contribution in [3.63, 3.8) is 0 Å². The van der Waals surface area contributed by atoms with Gasteiger partial charge in [0.1, 0.15) is 17.1 Å². The molecular formula is C16H25NO4. The van der Waals surface area contributed by atoms with Gasteiger partial charge in [-0.05, 0) is 25.3 Å². The maximum Gasteiger partial charge on any atom is 0.339 e. The Morgan fingerprint density at radius 3 is 2.62 bits per heavy atom. The van der Waals surface area contributed by atoms with E-state index in [-0.39, 0.29) is 18.0 Å². The van der Waals surface area contributed by atoms with Crippen molar-refractivity contribution < 1.29 is 19.1 Å². The minimum absolute atomic E-state index is 0.0103. The number of amides is 1. The number of aromatic carboxylic acids is 1. The van der Waals surface area contributed by atoms with Gasteiger partial charge in [0.05, 0.1) is 6.54 Å². The van der Waals surface area contributed by atoms with Crippen molar-refractivity contribution >= 4 is 11.9 Å². The van der Waals surface area contributed by atoms with Crippen molar-refractivity contribution in [2.24, 2.45) is 5.92 Å². The summed E-state index contributed by atoms with van der Waals surface area (Å²) in [4.78, 5) is 22.8. The summed E-state index contributed by atoms with van der Waals surface area (Å²) >= 11 is 0. The summed E-state index contributed by atoms with van der Waals surface area (Å²) < 4.78 is 5.33. The normalized spacial score (nSPS) is 12.1. The van der Waals surface area contributed by atoms with E-state index < -0.39 is 5.97 Å². The number of hydrogen-bond acceptors (Lipinski definition) is 3. The zero-order valence-corrected chi connectivity index (χ0v) is 13.1. The molecule has 21 heavy (non-hydrogen) atoms. The predicted octanol–water partition coefficient (Wildman–Crippen LogP) is 3.51. The molecule has 1 atom stereocenters. The molecule has 1 amide bonds. The molecule has 0 bridgehead atoms. The van der Waals surface area contributed by atoms with Gasteiger partial charge in [0.15, 0.2) is 0 Å². The fourth-order valence-corrected chi connectivity index (χ4v) is 2.31. The van der Waals surface area contributed by atoms with Crippen LogP contribution in [0.25, 0.3) is 0 Å². The van der Waals surface area contributed by atoms with Crippen LogP contribution in [0.3, 0.4) is 0 Å². The molecule has 0 saturated carbocycles. The predicted molar refractivity (Wildman–Crippen MR) is 80.2 cm³/mol. The van der Waals surface area contributed by atoms with Gasteiger partial charge in [-0.2, -0.15) is 0 Å². The summed E-state index contributed by atoms with van der Waals surface area (Å²) in [6.07, 6.45) is 4.87. The summed E-state index contributed by atoms with van der Waals surface area (Å²) in [6, 6.07) is 1.46. The van der Waals surface area contributed by atoms with Crippen LogP contribution in [0.15, 0.2) is 10.5 Å². The Morgan fingerprint density at radius 2 is 2.10 bits per heavy atom. The van der Waals surface area contributed by atoms with Gasteiger partial charge in [-0.25, -0.2) is 4.79 Å². The number of aryl methyl sites for hydroxylation is 1. The molecule has 0 fully saturated rings. The number of rotatable bonds is 9. The second-order valence-corrected chi connectivity index (χ2v) is 5.39. The van der Waals surface area contributed by atoms with E-state index in [2.05, 4.69) is 19.2 Å². The van der Waals surface area contributed by atoms with Crippen LogP contribution in [0.5, 0.6) is 0 Å². The van der Waals surface area contributed by atoms with E-state index in [9.17, 15) is 9.59 Å². The smallest absolute Gasteiger partial charge is 0.339 e. The van der Waals surface area contributed by atoms with Crippen molar-refractivity contribution in [2.75, 3.05) is 0 Å². The van der Waals surface area contributed by atoms with Crippen LogP contribution in [-0.4, -0.2) is 17.0 Å². The summed E-state index contributed by atoms with van der Waals surface area (Å²) in [6.45, 7) is 6.08. The SMILES string of the molecule is CCCCC(CC)CC(=O)NCc1cc(C(=O)O)c(C)o1. The van der Waals surface area contributed by atoms with Gasteiger partial charge in [0.25, 0.3) is 0 Å². The Bertz CT molecular complexity index is 479. The lowest BCUT2D eigenvalue weighted by Gasteiger charge is -2.13. The molecule has 1 aromatic heterocycles. The highest BCUT2D eigenvalue weighted by atomic mass is 16.4. The molecule has 1 unspecified atom stereocenters. The van der Waals surface area contributed by atoms with Gasteiger partial charge in [0.2, 0.25) is 5.91 Å². The van der Waals surface area contributed by atoms with Gasteiger partial charge in [-0.15, -0.1) is 0 Å². The van der Waals surface area contributed by atoms with Crippen LogP contribution in [0, 0.1) is 12.8 Å². The first-order valence-electron chi connectivity index (χ1n) is 7.57. The van der Waals surface area contributed by atoms with Crippen LogP contribution in [0.1, 0.15) is 67.8 Å². The third-order valence-corrected chi connectivity index (χ3v) is 3.68. The Labute approximate surface area is 125 Å². The quantitative estimate of drug-likeness (QED) is 0.730. The lowest BCUT2D eigenvalue weighted by molar-refractivity contribution is -0.122. The van der Waals surface area contributed by atoms with E-state index in [1.807, 2.05) is 0 Å². The average Bonchev–Trinajstić information content (AvgIpc) is 2.82. The number of furan rings is 1. The van der Waals surface area contributed by atoms with Gasteiger partial charge in [-0.1, -0.05) is 33.1 Å². The lowest BCUT2D eigenvalue weighted by Crippen LogP contribution is -2.24. The average molecular weight is 295 g/mol. The summed E-state index contributed by atoms with van der Waals surface area (Å²) in [5, 5.41) is 11.7. The minimum atomic E-state index is -1.01. The maximum atomic E-state index is 11.9. The Balaban J connectivity index is 2.45. The van der Waals surface area contributed by atoms with Crippen LogP contribution in [0.2, 0.25) is 0 Å². The van der Waals surface area contributed by atoms with Crippen molar-refractivity contribution in [3.05, 3.63) is 23.2 Å². The number of hydrogen-bond donors (Lipinski definition) is 2. The first-order valence-corrected chi connectivity index (χ1v) is 7.57. The van der Waals surface area contributed by atoms with E-state index in [0.717, 1.165) is 25.7 Å². The molecule has 0 aliphatic carbocycles. The fourth-order valence-electron chi connectivity index (χ4n) is 2.31. The Hall–Kier alpha value is -1.78. The zero-order chi connectivity index (χ0) is 15.8. The number of carboxylic acid groups (broad SMARTS) is 1. The van der Waals surface area contributed by atoms with Crippen LogP contribution in [0.4, 0.5) is 0 Å². The van der Waals surface area contributed by atoms with E-state index in [1.54, 1.807) is 6.92 Å². The maximum absolute atomic E-state index is 11.9. The second-order valence-electron chi connectivity index (χ2n) is 5.39. The Morgan fingerprint density at radius 1 is 1.38 bits per heavy atom. The molecule has 0 spiro atoms. The molecule has 0 saturated heterocycles. The molecule has 0 aliphatic rings. The van der Waals surface area contributed by atoms with Gasteiger partial charge < -0.3 is 14.8 Å². The number of nitrogens with one attached hydrogen (secondary N) is 1. The summed E-state index contributed by atoms with van der Waals surface area (Å²) in [5.74, 6) is 0.224. The topological polar surface area (TPSA) is 79.5 Å². The molecule has 1 aromatic rings. The highest BCUT2D eigenvalue weighted by molar-refractivity contribution is 5.88. The van der Waals surface area contributed by atoms with Crippen molar-refractivity contribution in [3.8, 4) is 0 Å². The van der Waals surface area contributed by atoms with E-state index >= 15 is 0 Å². The molecule has 0 aliphatic heterocycles. The van der Waals surface area contributed by atoms with Crippen LogP contribution < -0.4 is 5.32 Å². The molecule has 0 aromatic carbocycles. The van der Waals surface area contributed by atoms with Crippen molar-refractivity contribution in [1.82, 2.24) is 5.32 Å². The number of carboxylic acids is 1. The number of carbonyl (C=O) groups excluding carboxylic acids is 1. The third kappa shape index (κ3) is 5.61. The third-order valence-electron chi connectivity index (χ3n) is 3.68. The molecule has 1 heterocycles. The fraction of sp³-hybridized carbons (Fsp3) is 0.625. The molecular weight excluding hydrogens is 270 g/mol.